The van der Waals surface area contributed by atoms with Crippen LogP contribution in [-0.2, 0) is 13.6 Å². The van der Waals surface area contributed by atoms with Crippen molar-refractivity contribution in [2.75, 3.05) is 13.2 Å². The third kappa shape index (κ3) is 2.92. The molecule has 3 aromatic rings. The molecule has 0 bridgehead atoms. The second-order valence-electron chi connectivity index (χ2n) is 6.07. The molecule has 0 aromatic carbocycles. The fourth-order valence-corrected chi connectivity index (χ4v) is 3.07. The lowest BCUT2D eigenvalue weighted by Crippen LogP contribution is -2.43. The van der Waals surface area contributed by atoms with Gasteiger partial charge in [-0.25, -0.2) is 14.4 Å². The molecule has 1 amide bonds. The minimum absolute atomic E-state index is 0.0516. The van der Waals surface area contributed by atoms with E-state index in [1.807, 2.05) is 4.57 Å². The van der Waals surface area contributed by atoms with Gasteiger partial charge in [0, 0.05) is 32.2 Å². The predicted octanol–water partition coefficient (Wildman–Crippen LogP) is 1.43. The molecular weight excluding hydrogens is 339 g/mol. The Morgan fingerprint density at radius 1 is 1.38 bits per heavy atom. The first-order chi connectivity index (χ1) is 12.6. The van der Waals surface area contributed by atoms with Crippen LogP contribution in [0, 0.1) is 5.82 Å². The Morgan fingerprint density at radius 2 is 2.27 bits per heavy atom. The summed E-state index contributed by atoms with van der Waals surface area (Å²) in [6.07, 6.45) is 6.48. The molecule has 1 unspecified atom stereocenters. The number of aromatic nitrogens is 5. The van der Waals surface area contributed by atoms with Gasteiger partial charge in [0.05, 0.1) is 24.6 Å². The number of rotatable bonds is 4. The molecule has 0 spiro atoms. The number of fused-ring (bicyclic) bond motifs is 1. The Bertz CT molecular complexity index is 937. The molecule has 8 nitrogen and oxygen atoms in total. The highest BCUT2D eigenvalue weighted by molar-refractivity contribution is 5.92. The lowest BCUT2D eigenvalue weighted by molar-refractivity contribution is 0.0633. The van der Waals surface area contributed by atoms with Crippen molar-refractivity contribution in [1.29, 1.82) is 0 Å². The summed E-state index contributed by atoms with van der Waals surface area (Å²) in [6.45, 7) is 1.03. The molecule has 0 radical (unpaired) electrons. The van der Waals surface area contributed by atoms with Crippen molar-refractivity contribution in [2.24, 2.45) is 7.05 Å². The molecule has 1 aliphatic heterocycles. The summed E-state index contributed by atoms with van der Waals surface area (Å²) in [5, 5.41) is 4.05. The first-order valence-electron chi connectivity index (χ1n) is 8.15. The van der Waals surface area contributed by atoms with Crippen LogP contribution < -0.4 is 4.74 Å². The number of hydrogen-bond acceptors (Lipinski definition) is 5. The van der Waals surface area contributed by atoms with Crippen molar-refractivity contribution >= 4 is 5.91 Å². The van der Waals surface area contributed by atoms with E-state index in [4.69, 9.17) is 4.74 Å². The van der Waals surface area contributed by atoms with Gasteiger partial charge in [-0.3, -0.25) is 9.48 Å². The summed E-state index contributed by atoms with van der Waals surface area (Å²) in [4.78, 5) is 22.6. The average molecular weight is 356 g/mol. The number of amides is 1. The Labute approximate surface area is 148 Å². The average Bonchev–Trinajstić information content (AvgIpc) is 3.28. The molecule has 3 aromatic heterocycles. The summed E-state index contributed by atoms with van der Waals surface area (Å²) in [5.41, 5.74) is 1.40. The predicted molar refractivity (Wildman–Crippen MR) is 88.9 cm³/mol. The van der Waals surface area contributed by atoms with Crippen molar-refractivity contribution in [3.05, 3.63) is 60.3 Å². The van der Waals surface area contributed by atoms with Crippen LogP contribution in [0.15, 0.2) is 43.1 Å². The molecule has 4 heterocycles. The molecular formula is C17H17FN6O2. The second kappa shape index (κ2) is 6.58. The smallest absolute Gasteiger partial charge is 0.272 e. The number of pyridine rings is 1. The van der Waals surface area contributed by atoms with Crippen molar-refractivity contribution in [1.82, 2.24) is 29.2 Å². The van der Waals surface area contributed by atoms with Crippen LogP contribution >= 0.6 is 0 Å². The van der Waals surface area contributed by atoms with Gasteiger partial charge in [-0.15, -0.1) is 0 Å². The van der Waals surface area contributed by atoms with Crippen LogP contribution in [-0.4, -0.2) is 48.3 Å². The highest BCUT2D eigenvalue weighted by atomic mass is 19.1. The largest absolute Gasteiger partial charge is 0.473 e. The SMILES string of the molecule is Cn1nccc1C(=O)N1Cc2cncn2C(COc2ncccc2F)C1. The molecule has 0 N–H and O–H groups in total. The summed E-state index contributed by atoms with van der Waals surface area (Å²) in [7, 11) is 1.73. The van der Waals surface area contributed by atoms with E-state index < -0.39 is 5.82 Å². The molecule has 1 aliphatic rings. The van der Waals surface area contributed by atoms with Gasteiger partial charge in [-0.2, -0.15) is 5.10 Å². The summed E-state index contributed by atoms with van der Waals surface area (Å²) in [6, 6.07) is 4.29. The summed E-state index contributed by atoms with van der Waals surface area (Å²) < 4.78 is 22.8. The van der Waals surface area contributed by atoms with Gasteiger partial charge in [0.25, 0.3) is 5.91 Å². The number of hydrogen-bond donors (Lipinski definition) is 0. The molecule has 0 fully saturated rings. The zero-order valence-corrected chi connectivity index (χ0v) is 14.1. The fraction of sp³-hybridized carbons (Fsp3) is 0.294. The number of halogens is 1. The molecule has 0 saturated carbocycles. The Morgan fingerprint density at radius 3 is 3.04 bits per heavy atom. The number of carbonyl (C=O) groups is 1. The van der Waals surface area contributed by atoms with Crippen LogP contribution in [0.4, 0.5) is 4.39 Å². The minimum atomic E-state index is -0.517. The van der Waals surface area contributed by atoms with Gasteiger partial charge in [0.1, 0.15) is 12.3 Å². The first kappa shape index (κ1) is 16.2. The Hall–Kier alpha value is -3.23. The van der Waals surface area contributed by atoms with E-state index in [2.05, 4.69) is 15.1 Å². The maximum atomic E-state index is 13.7. The van der Waals surface area contributed by atoms with Crippen LogP contribution in [0.5, 0.6) is 5.88 Å². The highest BCUT2D eigenvalue weighted by Crippen LogP contribution is 2.24. The van der Waals surface area contributed by atoms with Crippen molar-refractivity contribution < 1.29 is 13.9 Å². The van der Waals surface area contributed by atoms with Crippen molar-refractivity contribution in [3.63, 3.8) is 0 Å². The van der Waals surface area contributed by atoms with E-state index in [-0.39, 0.29) is 24.4 Å². The highest BCUT2D eigenvalue weighted by Gasteiger charge is 2.30. The zero-order chi connectivity index (χ0) is 18.1. The number of nitrogens with zero attached hydrogens (tertiary/aromatic N) is 6. The van der Waals surface area contributed by atoms with Crippen LogP contribution in [0.1, 0.15) is 22.2 Å². The zero-order valence-electron chi connectivity index (χ0n) is 14.1. The Kier molecular flexibility index (Phi) is 4.11. The lowest BCUT2D eigenvalue weighted by atomic mass is 10.2. The fourth-order valence-electron chi connectivity index (χ4n) is 3.07. The number of imidazole rings is 1. The standard InChI is InChI=1S/C17H17FN6O2/c1-22-15(4-6-21-22)17(25)23-8-12-7-19-11-24(12)13(9-23)10-26-16-14(18)3-2-5-20-16/h2-7,11,13H,8-10H2,1H3. The van der Waals surface area contributed by atoms with E-state index in [1.165, 1.54) is 18.3 Å². The molecule has 26 heavy (non-hydrogen) atoms. The van der Waals surface area contributed by atoms with Crippen LogP contribution in [0.25, 0.3) is 0 Å². The molecule has 134 valence electrons. The third-order valence-corrected chi connectivity index (χ3v) is 4.39. The second-order valence-corrected chi connectivity index (χ2v) is 6.07. The molecule has 0 saturated heterocycles. The number of carbonyl (C=O) groups excluding carboxylic acids is 1. The third-order valence-electron chi connectivity index (χ3n) is 4.39. The summed E-state index contributed by atoms with van der Waals surface area (Å²) >= 11 is 0. The van der Waals surface area contributed by atoms with Gasteiger partial charge in [-0.1, -0.05) is 0 Å². The van der Waals surface area contributed by atoms with E-state index in [0.29, 0.717) is 18.8 Å². The van der Waals surface area contributed by atoms with Gasteiger partial charge >= 0.3 is 0 Å². The van der Waals surface area contributed by atoms with E-state index in [9.17, 15) is 9.18 Å². The topological polar surface area (TPSA) is 78.1 Å². The molecule has 9 heteroatoms. The quantitative estimate of drug-likeness (QED) is 0.707. The lowest BCUT2D eigenvalue weighted by Gasteiger charge is -2.34. The van der Waals surface area contributed by atoms with Gasteiger partial charge in [0.15, 0.2) is 5.82 Å². The molecule has 4 rings (SSSR count). The molecule has 0 aliphatic carbocycles. The number of aryl methyl sites for hydroxylation is 1. The van der Waals surface area contributed by atoms with E-state index in [0.717, 1.165) is 5.69 Å². The van der Waals surface area contributed by atoms with E-state index >= 15 is 0 Å². The van der Waals surface area contributed by atoms with Crippen LogP contribution in [0.3, 0.4) is 0 Å². The summed E-state index contributed by atoms with van der Waals surface area (Å²) in [5.74, 6) is -0.687. The molecule has 1 atom stereocenters. The normalized spacial score (nSPS) is 16.4. The van der Waals surface area contributed by atoms with E-state index in [1.54, 1.807) is 41.4 Å². The van der Waals surface area contributed by atoms with Gasteiger partial charge in [0.2, 0.25) is 5.88 Å². The van der Waals surface area contributed by atoms with Crippen molar-refractivity contribution in [3.8, 4) is 5.88 Å². The monoisotopic (exact) mass is 356 g/mol. The Balaban J connectivity index is 1.54. The maximum Gasteiger partial charge on any atom is 0.272 e. The first-order valence-corrected chi connectivity index (χ1v) is 8.15. The van der Waals surface area contributed by atoms with Crippen molar-refractivity contribution in [2.45, 2.75) is 12.6 Å². The van der Waals surface area contributed by atoms with Gasteiger partial charge in [-0.05, 0) is 18.2 Å². The van der Waals surface area contributed by atoms with Gasteiger partial charge < -0.3 is 14.2 Å². The van der Waals surface area contributed by atoms with Crippen LogP contribution in [0.2, 0.25) is 0 Å². The number of ether oxygens (including phenoxy) is 1. The minimum Gasteiger partial charge on any atom is -0.473 e. The maximum absolute atomic E-state index is 13.7.